The Hall–Kier alpha value is -0.570. The highest BCUT2D eigenvalue weighted by atomic mass is 16.5. The van der Waals surface area contributed by atoms with Crippen molar-refractivity contribution in [2.75, 3.05) is 20.3 Å². The molecule has 0 aromatic rings. The SMILES string of the molecule is COCCCCC1CCCNC1=O. The van der Waals surface area contributed by atoms with Crippen LogP contribution in [0.1, 0.15) is 32.1 Å². The van der Waals surface area contributed by atoms with Crippen molar-refractivity contribution in [3.63, 3.8) is 0 Å². The van der Waals surface area contributed by atoms with Crippen LogP contribution in [0.5, 0.6) is 0 Å². The summed E-state index contributed by atoms with van der Waals surface area (Å²) in [6.45, 7) is 1.68. The van der Waals surface area contributed by atoms with Crippen molar-refractivity contribution in [2.24, 2.45) is 5.92 Å². The van der Waals surface area contributed by atoms with Gasteiger partial charge in [0.15, 0.2) is 0 Å². The number of ether oxygens (including phenoxy) is 1. The van der Waals surface area contributed by atoms with E-state index in [4.69, 9.17) is 4.74 Å². The van der Waals surface area contributed by atoms with Crippen LogP contribution in [0.2, 0.25) is 0 Å². The Balaban J connectivity index is 2.08. The normalized spacial score (nSPS) is 22.8. The van der Waals surface area contributed by atoms with E-state index in [2.05, 4.69) is 5.32 Å². The quantitative estimate of drug-likeness (QED) is 0.656. The summed E-state index contributed by atoms with van der Waals surface area (Å²) in [5, 5.41) is 2.90. The molecule has 1 amide bonds. The first-order valence-electron chi connectivity index (χ1n) is 5.11. The Morgan fingerprint density at radius 3 is 3.08 bits per heavy atom. The Labute approximate surface area is 79.8 Å². The molecule has 0 aromatic carbocycles. The number of piperidine rings is 1. The van der Waals surface area contributed by atoms with Gasteiger partial charge in [-0.25, -0.2) is 0 Å². The predicted octanol–water partition coefficient (Wildman–Crippen LogP) is 1.33. The van der Waals surface area contributed by atoms with Crippen LogP contribution in [-0.2, 0) is 9.53 Å². The molecule has 0 radical (unpaired) electrons. The van der Waals surface area contributed by atoms with Crippen molar-refractivity contribution in [3.8, 4) is 0 Å². The molecule has 1 aliphatic heterocycles. The first-order chi connectivity index (χ1) is 6.34. The molecule has 0 saturated carbocycles. The second-order valence-electron chi connectivity index (χ2n) is 3.62. The van der Waals surface area contributed by atoms with E-state index in [0.717, 1.165) is 45.3 Å². The highest BCUT2D eigenvalue weighted by molar-refractivity contribution is 5.79. The molecule has 1 N–H and O–H groups in total. The van der Waals surface area contributed by atoms with Crippen molar-refractivity contribution in [2.45, 2.75) is 32.1 Å². The maximum Gasteiger partial charge on any atom is 0.223 e. The third kappa shape index (κ3) is 3.77. The zero-order chi connectivity index (χ0) is 9.52. The molecule has 1 heterocycles. The van der Waals surface area contributed by atoms with Crippen LogP contribution in [0.3, 0.4) is 0 Å². The van der Waals surface area contributed by atoms with Crippen LogP contribution in [-0.4, -0.2) is 26.2 Å². The minimum atomic E-state index is 0.253. The third-order valence-corrected chi connectivity index (χ3v) is 2.55. The fourth-order valence-corrected chi connectivity index (χ4v) is 1.75. The highest BCUT2D eigenvalue weighted by Crippen LogP contribution is 2.17. The number of methoxy groups -OCH3 is 1. The topological polar surface area (TPSA) is 38.3 Å². The number of nitrogens with one attached hydrogen (secondary N) is 1. The average Bonchev–Trinajstić information content (AvgIpc) is 2.15. The van der Waals surface area contributed by atoms with Gasteiger partial charge in [0, 0.05) is 26.2 Å². The predicted molar refractivity (Wildman–Crippen MR) is 51.5 cm³/mol. The van der Waals surface area contributed by atoms with E-state index >= 15 is 0 Å². The number of carbonyl (C=O) groups excluding carboxylic acids is 1. The first-order valence-corrected chi connectivity index (χ1v) is 5.11. The molecule has 0 aliphatic carbocycles. The van der Waals surface area contributed by atoms with Gasteiger partial charge in [-0.15, -0.1) is 0 Å². The number of amides is 1. The van der Waals surface area contributed by atoms with E-state index in [1.165, 1.54) is 0 Å². The van der Waals surface area contributed by atoms with E-state index in [1.54, 1.807) is 7.11 Å². The summed E-state index contributed by atoms with van der Waals surface area (Å²) < 4.78 is 4.96. The van der Waals surface area contributed by atoms with Gasteiger partial charge in [0.05, 0.1) is 0 Å². The molecular formula is C10H19NO2. The lowest BCUT2D eigenvalue weighted by Gasteiger charge is -2.21. The molecule has 76 valence electrons. The molecule has 0 spiro atoms. The summed E-state index contributed by atoms with van der Waals surface area (Å²) in [7, 11) is 1.72. The van der Waals surface area contributed by atoms with Crippen LogP contribution < -0.4 is 5.32 Å². The van der Waals surface area contributed by atoms with E-state index in [9.17, 15) is 4.79 Å². The average molecular weight is 185 g/mol. The van der Waals surface area contributed by atoms with Gasteiger partial charge in [0.1, 0.15) is 0 Å². The van der Waals surface area contributed by atoms with Crippen molar-refractivity contribution < 1.29 is 9.53 Å². The number of rotatable bonds is 5. The van der Waals surface area contributed by atoms with Crippen molar-refractivity contribution >= 4 is 5.91 Å². The van der Waals surface area contributed by atoms with Crippen molar-refractivity contribution in [3.05, 3.63) is 0 Å². The first kappa shape index (κ1) is 10.5. The Morgan fingerprint density at radius 2 is 2.38 bits per heavy atom. The standard InChI is InChI=1S/C10H19NO2/c1-13-8-3-2-5-9-6-4-7-11-10(9)12/h9H,2-8H2,1H3,(H,11,12). The molecule has 13 heavy (non-hydrogen) atoms. The van der Waals surface area contributed by atoms with Gasteiger partial charge >= 0.3 is 0 Å². The van der Waals surface area contributed by atoms with Gasteiger partial charge in [-0.3, -0.25) is 4.79 Å². The molecular weight excluding hydrogens is 166 g/mol. The third-order valence-electron chi connectivity index (χ3n) is 2.55. The summed E-state index contributed by atoms with van der Waals surface area (Å²) in [5.41, 5.74) is 0. The molecule has 1 aliphatic rings. The van der Waals surface area contributed by atoms with Gasteiger partial charge in [0.25, 0.3) is 0 Å². The van der Waals surface area contributed by atoms with Crippen molar-refractivity contribution in [1.82, 2.24) is 5.32 Å². The van der Waals surface area contributed by atoms with Gasteiger partial charge in [-0.2, -0.15) is 0 Å². The van der Waals surface area contributed by atoms with Gasteiger partial charge in [-0.05, 0) is 25.7 Å². The smallest absolute Gasteiger partial charge is 0.223 e. The molecule has 1 saturated heterocycles. The van der Waals surface area contributed by atoms with E-state index in [-0.39, 0.29) is 11.8 Å². The Morgan fingerprint density at radius 1 is 1.54 bits per heavy atom. The van der Waals surface area contributed by atoms with Crippen LogP contribution in [0.25, 0.3) is 0 Å². The van der Waals surface area contributed by atoms with E-state index in [0.29, 0.717) is 0 Å². The highest BCUT2D eigenvalue weighted by Gasteiger charge is 2.20. The minimum Gasteiger partial charge on any atom is -0.385 e. The van der Waals surface area contributed by atoms with Gasteiger partial charge in [-0.1, -0.05) is 6.42 Å². The number of carbonyl (C=O) groups is 1. The molecule has 1 rings (SSSR count). The lowest BCUT2D eigenvalue weighted by Crippen LogP contribution is -2.36. The van der Waals surface area contributed by atoms with Crippen LogP contribution in [0, 0.1) is 5.92 Å². The summed E-state index contributed by atoms with van der Waals surface area (Å²) in [4.78, 5) is 11.3. The monoisotopic (exact) mass is 185 g/mol. The lowest BCUT2D eigenvalue weighted by molar-refractivity contribution is -0.126. The summed E-state index contributed by atoms with van der Waals surface area (Å²) >= 11 is 0. The van der Waals surface area contributed by atoms with E-state index in [1.807, 2.05) is 0 Å². The van der Waals surface area contributed by atoms with Gasteiger partial charge < -0.3 is 10.1 Å². The second-order valence-corrected chi connectivity index (χ2v) is 3.62. The maximum absolute atomic E-state index is 11.3. The molecule has 0 aromatic heterocycles. The summed E-state index contributed by atoms with van der Waals surface area (Å²) in [5.74, 6) is 0.522. The molecule has 1 fully saturated rings. The molecule has 3 nitrogen and oxygen atoms in total. The lowest BCUT2D eigenvalue weighted by atomic mass is 9.93. The Kier molecular flexibility index (Phi) is 4.83. The van der Waals surface area contributed by atoms with E-state index < -0.39 is 0 Å². The summed E-state index contributed by atoms with van der Waals surface area (Å²) in [6, 6.07) is 0. The summed E-state index contributed by atoms with van der Waals surface area (Å²) in [6.07, 6.45) is 5.40. The van der Waals surface area contributed by atoms with Crippen LogP contribution in [0.4, 0.5) is 0 Å². The minimum absolute atomic E-state index is 0.253. The molecule has 0 bridgehead atoms. The van der Waals surface area contributed by atoms with Crippen LogP contribution >= 0.6 is 0 Å². The molecule has 3 heteroatoms. The molecule has 1 unspecified atom stereocenters. The second kappa shape index (κ2) is 5.97. The number of unbranched alkanes of at least 4 members (excludes halogenated alkanes) is 1. The maximum atomic E-state index is 11.3. The fourth-order valence-electron chi connectivity index (χ4n) is 1.75. The molecule has 1 atom stereocenters. The number of hydrogen-bond donors (Lipinski definition) is 1. The van der Waals surface area contributed by atoms with Crippen molar-refractivity contribution in [1.29, 1.82) is 0 Å². The zero-order valence-corrected chi connectivity index (χ0v) is 8.34. The zero-order valence-electron chi connectivity index (χ0n) is 8.34. The van der Waals surface area contributed by atoms with Gasteiger partial charge in [0.2, 0.25) is 5.91 Å². The van der Waals surface area contributed by atoms with Crippen LogP contribution in [0.15, 0.2) is 0 Å². The fraction of sp³-hybridized carbons (Fsp3) is 0.900. The number of hydrogen-bond acceptors (Lipinski definition) is 2. The largest absolute Gasteiger partial charge is 0.385 e. The Bertz CT molecular complexity index is 159.